The summed E-state index contributed by atoms with van der Waals surface area (Å²) in [6, 6.07) is 42.9. The molecule has 352 valence electrons. The molecule has 12 heteroatoms. The number of phenolic OH excluding ortho intramolecular Hbond substituents is 9. The zero-order chi connectivity index (χ0) is 47.8. The van der Waals surface area contributed by atoms with Crippen LogP contribution in [0.2, 0.25) is 0 Å². The number of aromatic hydroxyl groups is 9. The average molecular weight is 929 g/mol. The van der Waals surface area contributed by atoms with Crippen LogP contribution in [0.15, 0.2) is 158 Å². The molecular weight excluding hydrogens is 877 g/mol. The predicted molar refractivity (Wildman–Crippen MR) is 260 cm³/mol. The van der Waals surface area contributed by atoms with Crippen LogP contribution in [0, 0.1) is 6.92 Å². The van der Waals surface area contributed by atoms with Crippen LogP contribution in [0.5, 0.6) is 63.2 Å². The van der Waals surface area contributed by atoms with E-state index in [1.165, 1.54) is 42.5 Å². The Morgan fingerprint density at radius 1 is 0.565 bits per heavy atom. The van der Waals surface area contributed by atoms with Gasteiger partial charge in [0.1, 0.15) is 75.5 Å². The quantitative estimate of drug-likeness (QED) is 0.0528. The molecule has 8 aromatic rings. The van der Waals surface area contributed by atoms with Crippen LogP contribution < -0.4 is 9.47 Å². The Balaban J connectivity index is 0.00000642. The Morgan fingerprint density at radius 3 is 1.81 bits per heavy atom. The fourth-order valence-electron chi connectivity index (χ4n) is 9.69. The van der Waals surface area contributed by atoms with Gasteiger partial charge in [-0.3, -0.25) is 0 Å². The van der Waals surface area contributed by atoms with E-state index in [1.54, 1.807) is 91.0 Å². The Kier molecular flexibility index (Phi) is 13.2. The van der Waals surface area contributed by atoms with E-state index in [0.29, 0.717) is 68.0 Å². The third kappa shape index (κ3) is 9.83. The molecule has 9 rings (SSSR count). The largest absolute Gasteiger partial charge is 0.508 e. The van der Waals surface area contributed by atoms with Crippen LogP contribution in [0.3, 0.4) is 0 Å². The highest BCUT2D eigenvalue weighted by molar-refractivity contribution is 5.63. The number of aryl methyl sites for hydroxylation is 1. The first-order valence-corrected chi connectivity index (χ1v) is 22.2. The molecule has 0 bridgehead atoms. The Hall–Kier alpha value is -8.48. The topological polar surface area (TPSA) is 232 Å². The molecule has 0 radical (unpaired) electrons. The van der Waals surface area contributed by atoms with Crippen molar-refractivity contribution in [2.45, 2.75) is 56.7 Å². The smallest absolute Gasteiger partial charge is 0.135 e. The zero-order valence-electron chi connectivity index (χ0n) is 37.7. The summed E-state index contributed by atoms with van der Waals surface area (Å²) in [5.41, 5.74) is 7.20. The second-order valence-corrected chi connectivity index (χ2v) is 17.5. The molecule has 11 N–H and O–H groups in total. The van der Waals surface area contributed by atoms with E-state index >= 15 is 0 Å². The normalized spacial score (nSPS) is 15.3. The second kappa shape index (κ2) is 19.4. The summed E-state index contributed by atoms with van der Waals surface area (Å²) in [7, 11) is 0. The molecule has 0 aliphatic carbocycles. The van der Waals surface area contributed by atoms with Crippen LogP contribution in [0.25, 0.3) is 0 Å². The molecule has 12 nitrogen and oxygen atoms in total. The molecule has 0 spiro atoms. The highest BCUT2D eigenvalue weighted by atomic mass is 16.5. The fourth-order valence-corrected chi connectivity index (χ4v) is 9.69. The summed E-state index contributed by atoms with van der Waals surface area (Å²) < 4.78 is 13.4. The van der Waals surface area contributed by atoms with E-state index in [4.69, 9.17) is 9.47 Å². The van der Waals surface area contributed by atoms with Crippen LogP contribution >= 0.6 is 0 Å². The first kappa shape index (κ1) is 47.0. The highest BCUT2D eigenvalue weighted by Crippen LogP contribution is 2.58. The summed E-state index contributed by atoms with van der Waals surface area (Å²) in [6.45, 7) is 3.94. The molecule has 8 aromatic carbocycles. The number of fused-ring (bicyclic) bond motifs is 1. The van der Waals surface area contributed by atoms with Gasteiger partial charge in [-0.25, -0.2) is 0 Å². The van der Waals surface area contributed by atoms with Crippen LogP contribution in [-0.2, 0) is 12.8 Å². The van der Waals surface area contributed by atoms with Crippen molar-refractivity contribution < 1.29 is 60.9 Å². The lowest BCUT2D eigenvalue weighted by molar-refractivity contribution is 0.204. The van der Waals surface area contributed by atoms with Gasteiger partial charge in [0.25, 0.3) is 0 Å². The van der Waals surface area contributed by atoms with E-state index in [0.717, 1.165) is 11.1 Å². The number of benzene rings is 8. The molecular formula is C57H52O12. The Bertz CT molecular complexity index is 3100. The van der Waals surface area contributed by atoms with E-state index in [2.05, 4.69) is 0 Å². The van der Waals surface area contributed by atoms with Gasteiger partial charge in [-0.15, -0.1) is 0 Å². The fraction of sp³-hybridized carbons (Fsp3) is 0.158. The summed E-state index contributed by atoms with van der Waals surface area (Å²) in [4.78, 5) is 0. The minimum absolute atomic E-state index is 0. The van der Waals surface area contributed by atoms with Gasteiger partial charge in [-0.2, -0.15) is 0 Å². The zero-order valence-corrected chi connectivity index (χ0v) is 37.7. The predicted octanol–water partition coefficient (Wildman–Crippen LogP) is 10.7. The van der Waals surface area contributed by atoms with Crippen molar-refractivity contribution in [1.29, 1.82) is 0 Å². The first-order valence-electron chi connectivity index (χ1n) is 22.2. The number of hydrogen-bond donors (Lipinski definition) is 9. The Morgan fingerprint density at radius 2 is 1.16 bits per heavy atom. The molecule has 69 heavy (non-hydrogen) atoms. The molecule has 1 aliphatic rings. The van der Waals surface area contributed by atoms with Crippen molar-refractivity contribution in [3.63, 3.8) is 0 Å². The Labute approximate surface area is 398 Å². The molecule has 1 aliphatic heterocycles. The minimum atomic E-state index is -0.790. The average Bonchev–Trinajstić information content (AvgIpc) is 3.68. The van der Waals surface area contributed by atoms with Crippen molar-refractivity contribution >= 4 is 0 Å². The van der Waals surface area contributed by atoms with Gasteiger partial charge >= 0.3 is 0 Å². The van der Waals surface area contributed by atoms with Crippen molar-refractivity contribution in [1.82, 2.24) is 0 Å². The molecule has 0 saturated heterocycles. The lowest BCUT2D eigenvalue weighted by Crippen LogP contribution is -2.19. The van der Waals surface area contributed by atoms with Gasteiger partial charge in [0, 0.05) is 59.7 Å². The summed E-state index contributed by atoms with van der Waals surface area (Å²) >= 11 is 0. The van der Waals surface area contributed by atoms with Crippen LogP contribution in [0.1, 0.15) is 98.1 Å². The van der Waals surface area contributed by atoms with Crippen LogP contribution in [0.4, 0.5) is 0 Å². The third-order valence-electron chi connectivity index (χ3n) is 12.9. The second-order valence-electron chi connectivity index (χ2n) is 17.5. The van der Waals surface area contributed by atoms with Crippen LogP contribution in [-0.4, -0.2) is 51.4 Å². The number of ether oxygens (including phenoxy) is 2. The van der Waals surface area contributed by atoms with Crippen molar-refractivity contribution in [3.05, 3.63) is 219 Å². The van der Waals surface area contributed by atoms with Crippen molar-refractivity contribution in [3.8, 4) is 63.2 Å². The summed E-state index contributed by atoms with van der Waals surface area (Å²) in [5, 5.41) is 99.4. The van der Waals surface area contributed by atoms with Gasteiger partial charge in [0.2, 0.25) is 0 Å². The summed E-state index contributed by atoms with van der Waals surface area (Å²) in [5.74, 6) is -2.23. The van der Waals surface area contributed by atoms with Gasteiger partial charge < -0.3 is 60.9 Å². The lowest BCUT2D eigenvalue weighted by Gasteiger charge is -2.32. The molecule has 5 atom stereocenters. The maximum atomic E-state index is 12.2. The third-order valence-corrected chi connectivity index (χ3v) is 12.9. The van der Waals surface area contributed by atoms with Gasteiger partial charge in [0.05, 0.1) is 5.92 Å². The van der Waals surface area contributed by atoms with Crippen molar-refractivity contribution in [2.24, 2.45) is 0 Å². The first-order chi connectivity index (χ1) is 32.7. The molecule has 1 heterocycles. The molecule has 0 aromatic heterocycles. The molecule has 0 amide bonds. The molecule has 0 saturated carbocycles. The van der Waals surface area contributed by atoms with Crippen molar-refractivity contribution in [2.75, 3.05) is 0 Å². The SMILES string of the molecule is Cc1ccc(Cc2c(O)cc(O)cc2[C@@H]2c3c(cc(O)cc3[C@H](C)[C@@H](c3ccc(O)cc3)c3c(O)cc(O)cc3C[C@H](Oc3cccc(O)c3)c3ccc(O)cc3)O[C@H]2c2ccc(O)cc2)cc1.O. The molecule has 0 unspecified atom stereocenters. The summed E-state index contributed by atoms with van der Waals surface area (Å²) in [6.07, 6.45) is -1.21. The minimum Gasteiger partial charge on any atom is -0.508 e. The number of hydrogen-bond acceptors (Lipinski definition) is 11. The maximum absolute atomic E-state index is 12.2. The number of phenols is 9. The van der Waals surface area contributed by atoms with E-state index < -0.39 is 30.0 Å². The monoisotopic (exact) mass is 928 g/mol. The van der Waals surface area contributed by atoms with E-state index in [1.807, 2.05) is 38.1 Å². The standard InChI is InChI=1S/C57H50O11.H2O/c1-31-6-8-33(9-7-31)22-47-48(27-43(63)28-49(47)65)56-55-46(26-44(64)30-52(55)68-57(56)36-14-20-40(60)21-15-36)32(2)53(35-12-18-39(59)19-13-35)54-37(23-42(62)29-50(54)66)24-51(34-10-16-38(58)17-11-34)67-45-5-3-4-41(61)25-45;/h3-21,23,25-30,32,51,53,56-66H,22,24H2,1-2H3;1H2/t32-,51-,53-,56+,57-;/m0./s1. The molecule has 0 fully saturated rings. The lowest BCUT2D eigenvalue weighted by atomic mass is 9.71. The van der Waals surface area contributed by atoms with E-state index in [-0.39, 0.29) is 63.6 Å². The number of rotatable bonds is 13. The van der Waals surface area contributed by atoms with E-state index in [9.17, 15) is 46.0 Å². The highest BCUT2D eigenvalue weighted by Gasteiger charge is 2.43. The van der Waals surface area contributed by atoms with Gasteiger partial charge in [-0.05, 0) is 119 Å². The van der Waals surface area contributed by atoms with Gasteiger partial charge in [-0.1, -0.05) is 79.2 Å². The van der Waals surface area contributed by atoms with Gasteiger partial charge in [0.15, 0.2) is 0 Å². The maximum Gasteiger partial charge on any atom is 0.135 e.